The Kier molecular flexibility index (Phi) is 3.35. The molecular weight excluding hydrogens is 172 g/mol. The van der Waals surface area contributed by atoms with Crippen LogP contribution in [0.3, 0.4) is 0 Å². The Balaban J connectivity index is 3.17. The zero-order valence-electron chi connectivity index (χ0n) is 8.12. The van der Waals surface area contributed by atoms with Crippen LogP contribution in [0.15, 0.2) is 18.2 Å². The SMILES string of the molecule is C#Cc1ccc(C(O)CC)cc1C#C. The molecule has 70 valence electrons. The average Bonchev–Trinajstić information content (AvgIpc) is 2.26. The van der Waals surface area contributed by atoms with Gasteiger partial charge in [0, 0.05) is 11.1 Å². The van der Waals surface area contributed by atoms with E-state index < -0.39 is 6.10 Å². The molecule has 0 bridgehead atoms. The Morgan fingerprint density at radius 3 is 2.43 bits per heavy atom. The highest BCUT2D eigenvalue weighted by Crippen LogP contribution is 2.19. The Labute approximate surface area is 84.8 Å². The van der Waals surface area contributed by atoms with E-state index in [9.17, 15) is 5.11 Å². The van der Waals surface area contributed by atoms with Crippen LogP contribution in [-0.2, 0) is 0 Å². The fourth-order valence-electron chi connectivity index (χ4n) is 1.25. The van der Waals surface area contributed by atoms with Crippen molar-refractivity contribution in [1.82, 2.24) is 0 Å². The van der Waals surface area contributed by atoms with Gasteiger partial charge in [-0.05, 0) is 24.1 Å². The van der Waals surface area contributed by atoms with Crippen molar-refractivity contribution in [3.8, 4) is 24.7 Å². The molecule has 1 nitrogen and oxygen atoms in total. The molecule has 1 unspecified atom stereocenters. The highest BCUT2D eigenvalue weighted by molar-refractivity contribution is 5.50. The van der Waals surface area contributed by atoms with Gasteiger partial charge < -0.3 is 5.11 Å². The first-order chi connectivity index (χ1) is 6.72. The number of terminal acetylenes is 2. The van der Waals surface area contributed by atoms with Gasteiger partial charge in [-0.15, -0.1) is 12.8 Å². The fraction of sp³-hybridized carbons (Fsp3) is 0.231. The molecular formula is C13H12O. The third kappa shape index (κ3) is 1.96. The summed E-state index contributed by atoms with van der Waals surface area (Å²) in [6.45, 7) is 1.91. The third-order valence-corrected chi connectivity index (χ3v) is 2.13. The number of aliphatic hydroxyl groups excluding tert-OH is 1. The van der Waals surface area contributed by atoms with Crippen molar-refractivity contribution in [2.45, 2.75) is 19.4 Å². The van der Waals surface area contributed by atoms with Crippen molar-refractivity contribution in [2.24, 2.45) is 0 Å². The lowest BCUT2D eigenvalue weighted by atomic mass is 10.0. The van der Waals surface area contributed by atoms with Crippen molar-refractivity contribution in [2.75, 3.05) is 0 Å². The Bertz CT molecular complexity index is 404. The minimum absolute atomic E-state index is 0.464. The largest absolute Gasteiger partial charge is 0.388 e. The summed E-state index contributed by atoms with van der Waals surface area (Å²) in [5.41, 5.74) is 2.18. The van der Waals surface area contributed by atoms with Crippen LogP contribution in [0.4, 0.5) is 0 Å². The number of benzene rings is 1. The predicted octanol–water partition coefficient (Wildman–Crippen LogP) is 2.09. The van der Waals surface area contributed by atoms with Crippen molar-refractivity contribution in [1.29, 1.82) is 0 Å². The molecule has 0 aliphatic rings. The van der Waals surface area contributed by atoms with Gasteiger partial charge in [-0.3, -0.25) is 0 Å². The lowest BCUT2D eigenvalue weighted by molar-refractivity contribution is 0.173. The Hall–Kier alpha value is -1.70. The number of rotatable bonds is 2. The van der Waals surface area contributed by atoms with Gasteiger partial charge in [0.15, 0.2) is 0 Å². The quantitative estimate of drug-likeness (QED) is 0.698. The molecule has 1 N–H and O–H groups in total. The fourth-order valence-corrected chi connectivity index (χ4v) is 1.25. The molecule has 1 heteroatoms. The summed E-state index contributed by atoms with van der Waals surface area (Å²) >= 11 is 0. The first kappa shape index (κ1) is 10.4. The molecule has 0 aliphatic heterocycles. The third-order valence-electron chi connectivity index (χ3n) is 2.13. The topological polar surface area (TPSA) is 20.2 Å². The van der Waals surface area contributed by atoms with E-state index >= 15 is 0 Å². The lowest BCUT2D eigenvalue weighted by Crippen LogP contribution is -1.96. The monoisotopic (exact) mass is 184 g/mol. The Morgan fingerprint density at radius 2 is 1.93 bits per heavy atom. The van der Waals surface area contributed by atoms with E-state index in [-0.39, 0.29) is 0 Å². The van der Waals surface area contributed by atoms with Gasteiger partial charge in [0.1, 0.15) is 0 Å². The van der Waals surface area contributed by atoms with Crippen LogP contribution >= 0.6 is 0 Å². The van der Waals surface area contributed by atoms with Gasteiger partial charge in [0.25, 0.3) is 0 Å². The van der Waals surface area contributed by atoms with Gasteiger partial charge in [0.2, 0.25) is 0 Å². The van der Waals surface area contributed by atoms with Gasteiger partial charge >= 0.3 is 0 Å². The maximum absolute atomic E-state index is 9.59. The summed E-state index contributed by atoms with van der Waals surface area (Å²) < 4.78 is 0. The van der Waals surface area contributed by atoms with E-state index in [0.717, 1.165) is 5.56 Å². The van der Waals surface area contributed by atoms with Gasteiger partial charge in [-0.2, -0.15) is 0 Å². The molecule has 0 aromatic heterocycles. The summed E-state index contributed by atoms with van der Waals surface area (Å²) in [7, 11) is 0. The first-order valence-corrected chi connectivity index (χ1v) is 4.48. The van der Waals surface area contributed by atoms with E-state index in [0.29, 0.717) is 17.5 Å². The molecule has 14 heavy (non-hydrogen) atoms. The van der Waals surface area contributed by atoms with Crippen LogP contribution in [-0.4, -0.2) is 5.11 Å². The molecule has 0 radical (unpaired) electrons. The number of aliphatic hydroxyl groups is 1. The molecule has 1 rings (SSSR count). The second-order valence-electron chi connectivity index (χ2n) is 3.02. The van der Waals surface area contributed by atoms with E-state index in [2.05, 4.69) is 11.8 Å². The highest BCUT2D eigenvalue weighted by atomic mass is 16.3. The smallest absolute Gasteiger partial charge is 0.0787 e. The summed E-state index contributed by atoms with van der Waals surface area (Å²) in [5.74, 6) is 5.02. The number of hydrogen-bond acceptors (Lipinski definition) is 1. The second-order valence-corrected chi connectivity index (χ2v) is 3.02. The minimum atomic E-state index is -0.464. The van der Waals surface area contributed by atoms with E-state index in [1.165, 1.54) is 0 Å². The van der Waals surface area contributed by atoms with Gasteiger partial charge in [-0.25, -0.2) is 0 Å². The molecule has 0 fully saturated rings. The van der Waals surface area contributed by atoms with Crippen LogP contribution in [0.1, 0.15) is 36.1 Å². The number of hydrogen-bond donors (Lipinski definition) is 1. The van der Waals surface area contributed by atoms with Crippen LogP contribution < -0.4 is 0 Å². The summed E-state index contributed by atoms with van der Waals surface area (Å²) in [6.07, 6.45) is 10.8. The summed E-state index contributed by atoms with van der Waals surface area (Å²) in [6, 6.07) is 5.34. The molecule has 1 atom stereocenters. The van der Waals surface area contributed by atoms with Crippen LogP contribution in [0, 0.1) is 24.7 Å². The molecule has 1 aromatic carbocycles. The van der Waals surface area contributed by atoms with Crippen LogP contribution in [0.2, 0.25) is 0 Å². The molecule has 0 amide bonds. The maximum Gasteiger partial charge on any atom is 0.0787 e. The Morgan fingerprint density at radius 1 is 1.29 bits per heavy atom. The molecule has 0 heterocycles. The molecule has 0 aliphatic carbocycles. The van der Waals surface area contributed by atoms with Gasteiger partial charge in [-0.1, -0.05) is 24.8 Å². The van der Waals surface area contributed by atoms with E-state index in [4.69, 9.17) is 12.8 Å². The van der Waals surface area contributed by atoms with Crippen LogP contribution in [0.25, 0.3) is 0 Å². The minimum Gasteiger partial charge on any atom is -0.388 e. The molecule has 0 spiro atoms. The lowest BCUT2D eigenvalue weighted by Gasteiger charge is -2.09. The molecule has 1 aromatic rings. The van der Waals surface area contributed by atoms with E-state index in [1.807, 2.05) is 13.0 Å². The van der Waals surface area contributed by atoms with Gasteiger partial charge in [0.05, 0.1) is 6.10 Å². The zero-order chi connectivity index (χ0) is 10.6. The normalized spacial score (nSPS) is 11.4. The van der Waals surface area contributed by atoms with Crippen LogP contribution in [0.5, 0.6) is 0 Å². The van der Waals surface area contributed by atoms with Crippen molar-refractivity contribution in [3.63, 3.8) is 0 Å². The molecule has 0 saturated carbocycles. The van der Waals surface area contributed by atoms with Crippen molar-refractivity contribution < 1.29 is 5.11 Å². The van der Waals surface area contributed by atoms with Crippen molar-refractivity contribution >= 4 is 0 Å². The highest BCUT2D eigenvalue weighted by Gasteiger charge is 2.06. The second kappa shape index (κ2) is 4.51. The predicted molar refractivity (Wildman–Crippen MR) is 57.6 cm³/mol. The maximum atomic E-state index is 9.59. The zero-order valence-corrected chi connectivity index (χ0v) is 8.12. The first-order valence-electron chi connectivity index (χ1n) is 4.48. The van der Waals surface area contributed by atoms with Crippen molar-refractivity contribution in [3.05, 3.63) is 34.9 Å². The average molecular weight is 184 g/mol. The standard InChI is InChI=1S/C13H12O/c1-4-10-7-8-12(13(14)6-3)9-11(10)5-2/h1-2,7-9,13-14H,6H2,3H3. The summed E-state index contributed by atoms with van der Waals surface area (Å²) in [4.78, 5) is 0. The van der Waals surface area contributed by atoms with E-state index in [1.54, 1.807) is 12.1 Å². The summed E-state index contributed by atoms with van der Waals surface area (Å²) in [5, 5.41) is 9.59. The molecule has 0 saturated heterocycles.